The van der Waals surface area contributed by atoms with E-state index in [-0.39, 0.29) is 57.6 Å². The van der Waals surface area contributed by atoms with Crippen molar-refractivity contribution in [3.63, 3.8) is 0 Å². The van der Waals surface area contributed by atoms with Crippen LogP contribution in [-0.2, 0) is 5.41 Å². The molecule has 0 saturated carbocycles. The van der Waals surface area contributed by atoms with E-state index in [0.29, 0.717) is 39.3 Å². The van der Waals surface area contributed by atoms with Crippen LogP contribution in [0.3, 0.4) is 0 Å². The van der Waals surface area contributed by atoms with E-state index >= 15 is 0 Å². The first-order valence-electron chi connectivity index (χ1n) is 42.6. The van der Waals surface area contributed by atoms with Crippen molar-refractivity contribution in [3.05, 3.63) is 357 Å². The van der Waals surface area contributed by atoms with Gasteiger partial charge in [0.25, 0.3) is 6.71 Å². The van der Waals surface area contributed by atoms with Crippen LogP contribution in [0.5, 0.6) is 0 Å². The molecule has 0 saturated heterocycles. The van der Waals surface area contributed by atoms with E-state index in [1.165, 1.54) is 10.8 Å². The second-order valence-corrected chi connectivity index (χ2v) is 31.5. The molecular weight excluding hydrogens is 1400 g/mol. The molecule has 0 amide bonds. The van der Waals surface area contributed by atoms with Gasteiger partial charge in [0.1, 0.15) is 44.7 Å². The Morgan fingerprint density at radius 1 is 0.296 bits per heavy atom. The second kappa shape index (κ2) is 23.9. The minimum atomic E-state index is -0.574. The molecule has 0 radical (unpaired) electrons. The average molecular weight is 1480 g/mol. The number of aromatic nitrogens is 2. The number of furan rings is 4. The van der Waals surface area contributed by atoms with Crippen molar-refractivity contribution in [3.8, 4) is 55.9 Å². The number of hydrogen-bond donors (Lipinski definition) is 0. The minimum Gasteiger partial charge on any atom is -0.456 e. The summed E-state index contributed by atoms with van der Waals surface area (Å²) < 4.78 is 102. The molecule has 17 aromatic carbocycles. The smallest absolute Gasteiger partial charge is 0.252 e. The fraction of sp³-hybridized carbons (Fsp3) is 0.0377. The largest absolute Gasteiger partial charge is 0.456 e. The highest BCUT2D eigenvalue weighted by Crippen LogP contribution is 2.57. The lowest BCUT2D eigenvalue weighted by Crippen LogP contribution is -2.61. The maximum Gasteiger partial charge on any atom is 0.252 e. The number of hydrogen-bond acceptors (Lipinski definition) is 6. The molecule has 25 rings (SSSR count). The Morgan fingerprint density at radius 2 is 0.757 bits per heavy atom. The highest BCUT2D eigenvalue weighted by molar-refractivity contribution is 7.00. The van der Waals surface area contributed by atoms with Crippen LogP contribution in [0.1, 0.15) is 35.9 Å². The Kier molecular flexibility index (Phi) is 11.9. The Labute approximate surface area is 670 Å². The Bertz CT molecular complexity index is 8530. The van der Waals surface area contributed by atoms with Crippen LogP contribution in [0.25, 0.3) is 187 Å². The van der Waals surface area contributed by atoms with Gasteiger partial charge in [0, 0.05) is 110 Å². The fourth-order valence-corrected chi connectivity index (χ4v) is 19.1. The molecule has 23 aromatic rings. The molecule has 0 bridgehead atoms. The molecule has 2 aliphatic heterocycles. The van der Waals surface area contributed by atoms with Crippen LogP contribution in [-0.4, -0.2) is 15.8 Å². The maximum atomic E-state index is 10.6. The normalized spacial score (nSPS) is 13.8. The number of rotatable bonds is 8. The van der Waals surface area contributed by atoms with Crippen LogP contribution < -0.4 is 26.2 Å². The van der Waals surface area contributed by atoms with Crippen molar-refractivity contribution < 1.29 is 27.3 Å². The van der Waals surface area contributed by atoms with Gasteiger partial charge < -0.3 is 36.6 Å². The van der Waals surface area contributed by atoms with Crippen LogP contribution in [0.15, 0.2) is 369 Å². The van der Waals surface area contributed by atoms with Crippen molar-refractivity contribution in [1.29, 1.82) is 0 Å². The van der Waals surface area contributed by atoms with E-state index in [1.807, 2.05) is 84.9 Å². The molecule has 9 heteroatoms. The molecule has 8 nitrogen and oxygen atoms in total. The first kappa shape index (κ1) is 57.3. The Balaban J connectivity index is 0.844. The highest BCUT2D eigenvalue weighted by atomic mass is 16.3. The average Bonchev–Trinajstić information content (AvgIpc) is 0.694. The highest BCUT2D eigenvalue weighted by Gasteiger charge is 2.47. The SMILES string of the molecule is [2H]c1c([2H])c([2H])c2c(c1[2H])c1c([2H])c([2H])c(-c3ccccc3)c([2H])c1n2-c1ccc2c(c1)N(c1c(-c3cccc4c3oc3ccccc34)ccc3oc4ccccc4c13)c1cc(C(C)(C)C)cc3c1B2c1ccc(-c2ccc(-n4c5ccccc5c5ccccc54)cc2)cc1N3c1c(-c2cccc3c2oc2ccccc23)ccc2oc3ccccc3c12. The summed E-state index contributed by atoms with van der Waals surface area (Å²) in [7, 11) is 0. The standard InChI is InChI=1S/C106H67BN4O4/c1-106(2,3)66-59-91-101-92(60-66)111(103-76(52-56-98-100(103)82-31-13-20-42-96(82)113-98)80-35-22-33-78-74-29-11-18-40-94(74)115-105(78)80)90-61-68(109-87-38-16-9-27-71(87)72-50-45-64(57-88(72)109)62-23-5-4-6-24-62)49-54-84(90)107(101)83-53-46-65(63-43-47-67(48-44-63)108-85-36-14-7-25-69(85)70-26-8-15-37-86(70)108)58-89(83)110(91)102-75(51-55-97-99(102)81-30-12-19-41-95(81)112-97)79-34-21-32-77-73-28-10-17-39-93(73)114-104(77)79/h4-61H,1-3H3/i9D,16D,27D,38D,45D,50D,57D. The molecule has 0 N–H and O–H groups in total. The van der Waals surface area contributed by atoms with E-state index in [2.05, 4.69) is 260 Å². The van der Waals surface area contributed by atoms with Gasteiger partial charge in [-0.1, -0.05) is 257 Å². The quantitative estimate of drug-likeness (QED) is 0.141. The summed E-state index contributed by atoms with van der Waals surface area (Å²) in [6.07, 6.45) is 0. The Morgan fingerprint density at radius 3 is 1.34 bits per heavy atom. The van der Waals surface area contributed by atoms with Crippen molar-refractivity contribution >= 4 is 189 Å². The Hall–Kier alpha value is -14.8. The van der Waals surface area contributed by atoms with Crippen molar-refractivity contribution in [2.45, 2.75) is 26.2 Å². The molecule has 6 aromatic heterocycles. The van der Waals surface area contributed by atoms with Gasteiger partial charge >= 0.3 is 0 Å². The lowest BCUT2D eigenvalue weighted by molar-refractivity contribution is 0.590. The molecule has 0 unspecified atom stereocenters. The predicted octanol–water partition coefficient (Wildman–Crippen LogP) is 27.5. The van der Waals surface area contributed by atoms with Gasteiger partial charge in [0.05, 0.1) is 53.8 Å². The molecule has 0 aliphatic carbocycles. The summed E-state index contributed by atoms with van der Waals surface area (Å²) in [5.41, 5.74) is 24.1. The third-order valence-corrected chi connectivity index (χ3v) is 24.3. The summed E-state index contributed by atoms with van der Waals surface area (Å²) in [5.74, 6) is 0. The van der Waals surface area contributed by atoms with Gasteiger partial charge in [0.15, 0.2) is 0 Å². The summed E-state index contributed by atoms with van der Waals surface area (Å²) in [5, 5.41) is 9.91. The summed E-state index contributed by atoms with van der Waals surface area (Å²) >= 11 is 0. The summed E-state index contributed by atoms with van der Waals surface area (Å²) in [6.45, 7) is 6.23. The van der Waals surface area contributed by atoms with Gasteiger partial charge in [-0.3, -0.25) is 0 Å². The third kappa shape index (κ3) is 9.20. The van der Waals surface area contributed by atoms with Gasteiger partial charge in [-0.25, -0.2) is 0 Å². The first-order chi connectivity index (χ1) is 59.6. The van der Waals surface area contributed by atoms with Gasteiger partial charge in [-0.15, -0.1) is 0 Å². The second-order valence-electron chi connectivity index (χ2n) is 31.5. The molecular formula is C106H67BN4O4. The predicted molar refractivity (Wildman–Crippen MR) is 479 cm³/mol. The molecule has 0 fully saturated rings. The minimum absolute atomic E-state index is 0.0441. The van der Waals surface area contributed by atoms with Crippen molar-refractivity contribution in [2.24, 2.45) is 0 Å². The molecule has 0 atom stereocenters. The zero-order chi connectivity index (χ0) is 81.7. The van der Waals surface area contributed by atoms with E-state index in [0.717, 1.165) is 166 Å². The third-order valence-electron chi connectivity index (χ3n) is 24.3. The van der Waals surface area contributed by atoms with E-state index in [9.17, 15) is 9.60 Å². The zero-order valence-electron chi connectivity index (χ0n) is 69.4. The van der Waals surface area contributed by atoms with Crippen molar-refractivity contribution in [1.82, 2.24) is 9.13 Å². The molecule has 2 aliphatic rings. The van der Waals surface area contributed by atoms with Crippen LogP contribution >= 0.6 is 0 Å². The molecule has 115 heavy (non-hydrogen) atoms. The number of para-hydroxylation sites is 9. The number of fused-ring (bicyclic) bond motifs is 22. The van der Waals surface area contributed by atoms with Gasteiger partial charge in [0.2, 0.25) is 0 Å². The maximum absolute atomic E-state index is 10.6. The zero-order valence-corrected chi connectivity index (χ0v) is 62.4. The van der Waals surface area contributed by atoms with E-state index in [1.54, 1.807) is 4.57 Å². The summed E-state index contributed by atoms with van der Waals surface area (Å²) in [4.78, 5) is 4.95. The molecule has 538 valence electrons. The summed E-state index contributed by atoms with van der Waals surface area (Å²) in [6, 6.07) is 105. The van der Waals surface area contributed by atoms with Crippen molar-refractivity contribution in [2.75, 3.05) is 9.80 Å². The number of nitrogens with zero attached hydrogens (tertiary/aromatic N) is 4. The topological polar surface area (TPSA) is 68.9 Å². The molecule has 0 spiro atoms. The van der Waals surface area contributed by atoms with Gasteiger partial charge in [-0.05, 0) is 165 Å². The lowest BCUT2D eigenvalue weighted by Gasteiger charge is -2.46. The van der Waals surface area contributed by atoms with Crippen LogP contribution in [0.2, 0.25) is 0 Å². The number of anilines is 6. The van der Waals surface area contributed by atoms with E-state index in [4.69, 9.17) is 17.7 Å². The molecule has 8 heterocycles. The van der Waals surface area contributed by atoms with Gasteiger partial charge in [-0.2, -0.15) is 0 Å². The first-order valence-corrected chi connectivity index (χ1v) is 39.1. The lowest BCUT2D eigenvalue weighted by atomic mass is 9.33. The van der Waals surface area contributed by atoms with E-state index < -0.39 is 24.2 Å². The number of benzene rings is 17. The van der Waals surface area contributed by atoms with Crippen LogP contribution in [0, 0.1) is 0 Å². The fourth-order valence-electron chi connectivity index (χ4n) is 19.1. The van der Waals surface area contributed by atoms with Crippen LogP contribution in [0.4, 0.5) is 34.1 Å². The monoisotopic (exact) mass is 1480 g/mol.